The molecule has 2 aliphatic heterocycles. The van der Waals surface area contributed by atoms with E-state index < -0.39 is 12.0 Å². The molecule has 2 aliphatic rings. The molecule has 1 aromatic rings. The van der Waals surface area contributed by atoms with Crippen LogP contribution in [-0.4, -0.2) is 80.0 Å². The highest BCUT2D eigenvalue weighted by Gasteiger charge is 2.43. The lowest BCUT2D eigenvalue weighted by Crippen LogP contribution is -2.53. The quantitative estimate of drug-likeness (QED) is 0.781. The number of likely N-dealkylation sites (tertiary alicyclic amines) is 1. The largest absolute Gasteiger partial charge is 0.383 e. The Morgan fingerprint density at radius 3 is 2.59 bits per heavy atom. The second-order valence-electron chi connectivity index (χ2n) is 7.32. The molecule has 2 amide bonds. The summed E-state index contributed by atoms with van der Waals surface area (Å²) in [6, 6.07) is 5.86. The Hall–Kier alpha value is -1.99. The Morgan fingerprint density at radius 1 is 1.22 bits per heavy atom. The second-order valence-corrected chi connectivity index (χ2v) is 7.32. The van der Waals surface area contributed by atoms with Gasteiger partial charge in [-0.2, -0.15) is 0 Å². The van der Waals surface area contributed by atoms with Crippen molar-refractivity contribution in [1.29, 1.82) is 0 Å². The van der Waals surface area contributed by atoms with E-state index in [-0.39, 0.29) is 17.6 Å². The number of ether oxygens (including phenoxy) is 1. The number of carbonyl (C=O) groups excluding carboxylic acids is 2. The highest BCUT2D eigenvalue weighted by molar-refractivity contribution is 5.85. The summed E-state index contributed by atoms with van der Waals surface area (Å²) in [6.45, 7) is 3.70. The molecule has 0 aromatic heterocycles. The Kier molecular flexibility index (Phi) is 6.44. The van der Waals surface area contributed by atoms with Crippen LogP contribution in [0.4, 0.5) is 4.39 Å². The summed E-state index contributed by atoms with van der Waals surface area (Å²) in [5.74, 6) is -0.843. The van der Waals surface area contributed by atoms with E-state index in [4.69, 9.17) is 4.74 Å². The predicted molar refractivity (Wildman–Crippen MR) is 99.5 cm³/mol. The van der Waals surface area contributed by atoms with Gasteiger partial charge in [-0.1, -0.05) is 18.2 Å². The Bertz CT molecular complexity index is 676. The summed E-state index contributed by atoms with van der Waals surface area (Å²) in [4.78, 5) is 31.6. The van der Waals surface area contributed by atoms with Crippen molar-refractivity contribution < 1.29 is 18.7 Å². The smallest absolute Gasteiger partial charge is 0.228 e. The highest BCUT2D eigenvalue weighted by atomic mass is 19.1. The van der Waals surface area contributed by atoms with E-state index in [0.29, 0.717) is 44.6 Å². The van der Waals surface area contributed by atoms with Crippen LogP contribution in [0.1, 0.15) is 24.4 Å². The van der Waals surface area contributed by atoms with E-state index in [2.05, 4.69) is 4.90 Å². The van der Waals surface area contributed by atoms with Crippen molar-refractivity contribution in [1.82, 2.24) is 14.7 Å². The first-order valence-corrected chi connectivity index (χ1v) is 9.53. The maximum atomic E-state index is 14.6. The van der Waals surface area contributed by atoms with Crippen molar-refractivity contribution in [3.05, 3.63) is 35.6 Å². The highest BCUT2D eigenvalue weighted by Crippen LogP contribution is 2.38. The zero-order valence-corrected chi connectivity index (χ0v) is 16.1. The van der Waals surface area contributed by atoms with E-state index in [0.717, 1.165) is 13.1 Å². The van der Waals surface area contributed by atoms with E-state index in [1.165, 1.54) is 6.07 Å². The fourth-order valence-electron chi connectivity index (χ4n) is 4.03. The van der Waals surface area contributed by atoms with Gasteiger partial charge in [-0.15, -0.1) is 0 Å². The van der Waals surface area contributed by atoms with Gasteiger partial charge in [0.2, 0.25) is 11.8 Å². The molecular formula is C20H28FN3O3. The number of likely N-dealkylation sites (N-methyl/N-ethyl adjacent to an activating group) is 1. The fraction of sp³-hybridized carbons (Fsp3) is 0.600. The second kappa shape index (κ2) is 8.80. The van der Waals surface area contributed by atoms with Crippen molar-refractivity contribution in [2.75, 3.05) is 53.5 Å². The molecule has 2 saturated heterocycles. The Morgan fingerprint density at radius 2 is 1.93 bits per heavy atom. The first-order chi connectivity index (χ1) is 13.0. The minimum Gasteiger partial charge on any atom is -0.383 e. The van der Waals surface area contributed by atoms with E-state index in [9.17, 15) is 14.0 Å². The number of hydrogen-bond donors (Lipinski definition) is 0. The van der Waals surface area contributed by atoms with Crippen LogP contribution in [0.5, 0.6) is 0 Å². The van der Waals surface area contributed by atoms with Gasteiger partial charge >= 0.3 is 0 Å². The van der Waals surface area contributed by atoms with Crippen LogP contribution in [0.15, 0.2) is 24.3 Å². The third kappa shape index (κ3) is 4.30. The van der Waals surface area contributed by atoms with Crippen molar-refractivity contribution in [2.45, 2.75) is 18.9 Å². The van der Waals surface area contributed by atoms with Crippen LogP contribution in [0.25, 0.3) is 0 Å². The Balaban J connectivity index is 1.91. The molecule has 0 spiro atoms. The first kappa shape index (κ1) is 19.8. The molecule has 0 bridgehead atoms. The molecule has 0 aliphatic carbocycles. The number of nitrogens with zero attached hydrogens (tertiary/aromatic N) is 3. The Labute approximate surface area is 159 Å². The molecule has 1 aromatic carbocycles. The van der Waals surface area contributed by atoms with Crippen LogP contribution < -0.4 is 0 Å². The maximum Gasteiger partial charge on any atom is 0.228 e. The zero-order chi connectivity index (χ0) is 19.4. The molecular weight excluding hydrogens is 349 g/mol. The van der Waals surface area contributed by atoms with Gasteiger partial charge in [0.1, 0.15) is 5.82 Å². The molecule has 0 radical (unpaired) electrons. The average molecular weight is 377 g/mol. The number of rotatable bonds is 5. The van der Waals surface area contributed by atoms with Crippen molar-refractivity contribution in [2.24, 2.45) is 5.92 Å². The number of halogens is 1. The molecule has 148 valence electrons. The number of piperazine rings is 1. The zero-order valence-electron chi connectivity index (χ0n) is 16.1. The minimum atomic E-state index is -0.588. The van der Waals surface area contributed by atoms with Crippen molar-refractivity contribution in [3.8, 4) is 0 Å². The molecule has 0 N–H and O–H groups in total. The van der Waals surface area contributed by atoms with Crippen LogP contribution in [0.2, 0.25) is 0 Å². The molecule has 3 rings (SSSR count). The lowest BCUT2D eigenvalue weighted by Gasteiger charge is -2.43. The molecule has 0 unspecified atom stereocenters. The molecule has 7 heteroatoms. The van der Waals surface area contributed by atoms with Crippen LogP contribution in [0.3, 0.4) is 0 Å². The molecule has 2 fully saturated rings. The summed E-state index contributed by atoms with van der Waals surface area (Å²) < 4.78 is 19.8. The van der Waals surface area contributed by atoms with E-state index in [1.807, 2.05) is 11.9 Å². The standard InChI is InChI=1S/C20H28FN3O3/c1-22-9-11-23(12-10-22)20(26)16-7-8-18(25)24(13-14-27-2)19(16)15-5-3-4-6-17(15)21/h3-6,16,19H,7-14H2,1-2H3/t16-,19+/m1/s1. The van der Waals surface area contributed by atoms with E-state index in [1.54, 1.807) is 30.2 Å². The molecule has 27 heavy (non-hydrogen) atoms. The average Bonchev–Trinajstić information content (AvgIpc) is 2.67. The third-order valence-electron chi connectivity index (χ3n) is 5.60. The van der Waals surface area contributed by atoms with Gasteiger partial charge < -0.3 is 19.4 Å². The number of piperidine rings is 1. The molecule has 2 atom stereocenters. The molecule has 2 heterocycles. The number of amides is 2. The van der Waals surface area contributed by atoms with Gasteiger partial charge in [-0.25, -0.2) is 4.39 Å². The summed E-state index contributed by atoms with van der Waals surface area (Å²) >= 11 is 0. The summed E-state index contributed by atoms with van der Waals surface area (Å²) in [6.07, 6.45) is 0.755. The number of benzene rings is 1. The van der Waals surface area contributed by atoms with Crippen LogP contribution in [-0.2, 0) is 14.3 Å². The monoisotopic (exact) mass is 377 g/mol. The maximum absolute atomic E-state index is 14.6. The SMILES string of the molecule is COCCN1C(=O)CC[C@@H](C(=O)N2CCN(C)CC2)[C@@H]1c1ccccc1F. The van der Waals surface area contributed by atoms with Crippen molar-refractivity contribution in [3.63, 3.8) is 0 Å². The molecule has 6 nitrogen and oxygen atoms in total. The normalized spacial score (nSPS) is 24.3. The molecule has 0 saturated carbocycles. The number of carbonyl (C=O) groups is 2. The topological polar surface area (TPSA) is 53.1 Å². The van der Waals surface area contributed by atoms with Gasteiger partial charge in [0.25, 0.3) is 0 Å². The first-order valence-electron chi connectivity index (χ1n) is 9.53. The number of hydrogen-bond acceptors (Lipinski definition) is 4. The van der Waals surface area contributed by atoms with Crippen LogP contribution in [0, 0.1) is 11.7 Å². The van der Waals surface area contributed by atoms with Gasteiger partial charge in [0, 0.05) is 51.8 Å². The summed E-state index contributed by atoms with van der Waals surface area (Å²) in [5, 5.41) is 0. The minimum absolute atomic E-state index is 0.0197. The van der Waals surface area contributed by atoms with Gasteiger partial charge in [0.05, 0.1) is 18.6 Å². The predicted octanol–water partition coefficient (Wildman–Crippen LogP) is 1.53. The summed E-state index contributed by atoms with van der Waals surface area (Å²) in [7, 11) is 3.61. The van der Waals surface area contributed by atoms with Gasteiger partial charge in [0.15, 0.2) is 0 Å². The van der Waals surface area contributed by atoms with Gasteiger partial charge in [-0.3, -0.25) is 9.59 Å². The summed E-state index contributed by atoms with van der Waals surface area (Å²) in [5.41, 5.74) is 0.411. The third-order valence-corrected chi connectivity index (χ3v) is 5.60. The lowest BCUT2D eigenvalue weighted by molar-refractivity contribution is -0.149. The van der Waals surface area contributed by atoms with E-state index >= 15 is 0 Å². The number of methoxy groups -OCH3 is 1. The van der Waals surface area contributed by atoms with Gasteiger partial charge in [-0.05, 0) is 19.5 Å². The van der Waals surface area contributed by atoms with Crippen LogP contribution >= 0.6 is 0 Å². The fourth-order valence-corrected chi connectivity index (χ4v) is 4.03. The van der Waals surface area contributed by atoms with Crippen molar-refractivity contribution >= 4 is 11.8 Å². The lowest BCUT2D eigenvalue weighted by atomic mass is 9.82.